The van der Waals surface area contributed by atoms with Gasteiger partial charge >= 0.3 is 0 Å². The van der Waals surface area contributed by atoms with E-state index < -0.39 is 0 Å². The van der Waals surface area contributed by atoms with E-state index in [1.165, 1.54) is 17.7 Å². The van der Waals surface area contributed by atoms with Crippen LogP contribution in [0.5, 0.6) is 28.7 Å². The predicted molar refractivity (Wildman–Crippen MR) is 185 cm³/mol. The van der Waals surface area contributed by atoms with Crippen LogP contribution >= 0.6 is 0 Å². The molecule has 0 saturated carbocycles. The molecule has 234 valence electrons. The monoisotopic (exact) mass is 622 g/mol. The quantitative estimate of drug-likeness (QED) is 0.155. The number of hydrogen-bond acceptors (Lipinski definition) is 7. The average Bonchev–Trinajstić information content (AvgIpc) is 3.08. The van der Waals surface area contributed by atoms with Crippen LogP contribution in [0.25, 0.3) is 33.3 Å². The summed E-state index contributed by atoms with van der Waals surface area (Å²) < 4.78 is 11.9. The van der Waals surface area contributed by atoms with E-state index in [-0.39, 0.29) is 28.3 Å². The van der Waals surface area contributed by atoms with Crippen molar-refractivity contribution in [1.29, 1.82) is 0 Å². The molecule has 0 unspecified atom stereocenters. The fraction of sp³-hybridized carbons (Fsp3) is 0.150. The molecule has 0 saturated heterocycles. The van der Waals surface area contributed by atoms with Crippen LogP contribution in [0.4, 0.5) is 11.4 Å². The molecule has 0 fully saturated rings. The second-order valence-electron chi connectivity index (χ2n) is 12.3. The molecule has 5 aromatic carbocycles. The van der Waals surface area contributed by atoms with Crippen LogP contribution in [0.15, 0.2) is 103 Å². The molecule has 1 aliphatic rings. The molecule has 7 nitrogen and oxygen atoms in total. The third-order valence-corrected chi connectivity index (χ3v) is 9.13. The van der Waals surface area contributed by atoms with Gasteiger partial charge in [-0.3, -0.25) is 4.79 Å². The summed E-state index contributed by atoms with van der Waals surface area (Å²) in [4.78, 5) is 19.3. The van der Waals surface area contributed by atoms with Gasteiger partial charge in [-0.05, 0) is 83.1 Å². The number of hydrogen-bond donors (Lipinski definition) is 3. The van der Waals surface area contributed by atoms with Gasteiger partial charge in [0.2, 0.25) is 0 Å². The Morgan fingerprint density at radius 2 is 1.43 bits per heavy atom. The van der Waals surface area contributed by atoms with Gasteiger partial charge in [-0.25, -0.2) is 4.98 Å². The zero-order chi connectivity index (χ0) is 32.9. The maximum absolute atomic E-state index is 14.3. The summed E-state index contributed by atoms with van der Waals surface area (Å²) in [6.45, 7) is 6.59. The minimum Gasteiger partial charge on any atom is -0.507 e. The molecule has 0 amide bonds. The van der Waals surface area contributed by atoms with Gasteiger partial charge in [0.1, 0.15) is 28.5 Å². The Hall–Kier alpha value is -5.82. The van der Waals surface area contributed by atoms with E-state index >= 15 is 0 Å². The number of aromatic nitrogens is 1. The average molecular weight is 623 g/mol. The second kappa shape index (κ2) is 11.5. The second-order valence-corrected chi connectivity index (χ2v) is 12.3. The standard InChI is InChI=1S/C40H34N2O5/c1-5-40(2,3)23-13-17-26(18-14-23)47-34-22-31(41-24-15-19-25(46-4)20-16-24)37-35-29(27-9-6-7-10-28(27)39(37)45)21-30(42-38(34)35)36-32(43)11-8-12-33(36)44/h6-22,41,43-44H,5H2,1-4H3. The van der Waals surface area contributed by atoms with Crippen molar-refractivity contribution in [2.75, 3.05) is 12.4 Å². The SMILES string of the molecule is CCC(C)(C)c1ccc(Oc2cc(Nc3ccc(OC)cc3)c3c4c(cc(-c5c(O)cccc5O)nc24)-c2ccccc2C3=O)cc1. The first-order chi connectivity index (χ1) is 22.7. The van der Waals surface area contributed by atoms with Gasteiger partial charge in [-0.2, -0.15) is 0 Å². The van der Waals surface area contributed by atoms with Crippen LogP contribution in [-0.4, -0.2) is 28.1 Å². The van der Waals surface area contributed by atoms with Crippen LogP contribution in [0.1, 0.15) is 48.7 Å². The molecule has 1 aliphatic carbocycles. The van der Waals surface area contributed by atoms with Crippen molar-refractivity contribution in [2.45, 2.75) is 32.6 Å². The third kappa shape index (κ3) is 5.20. The molecule has 0 aliphatic heterocycles. The molecule has 6 aromatic rings. The maximum atomic E-state index is 14.3. The van der Waals surface area contributed by atoms with E-state index in [1.807, 2.05) is 66.7 Å². The number of methoxy groups -OCH3 is 1. The van der Waals surface area contributed by atoms with Gasteiger partial charge in [0.05, 0.1) is 29.6 Å². The van der Waals surface area contributed by atoms with Crippen LogP contribution in [0, 0.1) is 0 Å². The van der Waals surface area contributed by atoms with Crippen LogP contribution in [-0.2, 0) is 5.41 Å². The number of anilines is 2. The van der Waals surface area contributed by atoms with Gasteiger partial charge in [0, 0.05) is 22.7 Å². The Labute approximate surface area is 273 Å². The molecule has 1 aromatic heterocycles. The van der Waals surface area contributed by atoms with Crippen molar-refractivity contribution in [3.05, 3.63) is 120 Å². The number of rotatable bonds is 8. The number of ketones is 1. The zero-order valence-electron chi connectivity index (χ0n) is 26.6. The summed E-state index contributed by atoms with van der Waals surface area (Å²) >= 11 is 0. The minimum atomic E-state index is -0.147. The molecule has 7 heteroatoms. The van der Waals surface area contributed by atoms with E-state index in [0.29, 0.717) is 50.7 Å². The molecule has 47 heavy (non-hydrogen) atoms. The Bertz CT molecular complexity index is 2150. The van der Waals surface area contributed by atoms with E-state index in [1.54, 1.807) is 19.2 Å². The molecule has 7 rings (SSSR count). The first-order valence-corrected chi connectivity index (χ1v) is 15.5. The molecular weight excluding hydrogens is 588 g/mol. The Morgan fingerprint density at radius 1 is 0.766 bits per heavy atom. The number of ether oxygens (including phenoxy) is 2. The summed E-state index contributed by atoms with van der Waals surface area (Å²) in [5.41, 5.74) is 5.96. The number of benzene rings is 5. The largest absolute Gasteiger partial charge is 0.507 e. The fourth-order valence-corrected chi connectivity index (χ4v) is 6.11. The number of nitrogens with zero attached hydrogens (tertiary/aromatic N) is 1. The van der Waals surface area contributed by atoms with Crippen molar-refractivity contribution in [3.63, 3.8) is 0 Å². The number of pyridine rings is 1. The predicted octanol–water partition coefficient (Wildman–Crippen LogP) is 9.76. The normalized spacial score (nSPS) is 12.1. The van der Waals surface area contributed by atoms with Gasteiger partial charge in [-0.1, -0.05) is 63.2 Å². The number of aromatic hydroxyl groups is 2. The summed E-state index contributed by atoms with van der Waals surface area (Å²) in [5, 5.41) is 25.8. The fourth-order valence-electron chi connectivity index (χ4n) is 6.11. The molecule has 1 heterocycles. The Balaban J connectivity index is 1.50. The van der Waals surface area contributed by atoms with E-state index in [0.717, 1.165) is 23.2 Å². The lowest BCUT2D eigenvalue weighted by Gasteiger charge is -2.25. The third-order valence-electron chi connectivity index (χ3n) is 9.13. The highest BCUT2D eigenvalue weighted by molar-refractivity contribution is 6.29. The number of phenolic OH excluding ortho intramolecular Hbond substituents is 2. The molecule has 0 spiro atoms. The number of phenols is 2. The summed E-state index contributed by atoms with van der Waals surface area (Å²) in [6, 6.07) is 31.1. The smallest absolute Gasteiger partial charge is 0.196 e. The molecule has 0 bridgehead atoms. The minimum absolute atomic E-state index is 0.0120. The van der Waals surface area contributed by atoms with Gasteiger partial charge in [-0.15, -0.1) is 0 Å². The highest BCUT2D eigenvalue weighted by atomic mass is 16.5. The van der Waals surface area contributed by atoms with Crippen LogP contribution in [0.3, 0.4) is 0 Å². The van der Waals surface area contributed by atoms with Crippen LogP contribution in [0.2, 0.25) is 0 Å². The van der Waals surface area contributed by atoms with E-state index in [4.69, 9.17) is 14.5 Å². The van der Waals surface area contributed by atoms with Crippen molar-refractivity contribution < 1.29 is 24.5 Å². The summed E-state index contributed by atoms with van der Waals surface area (Å²) in [5.74, 6) is 1.36. The van der Waals surface area contributed by atoms with Crippen molar-refractivity contribution in [2.24, 2.45) is 0 Å². The van der Waals surface area contributed by atoms with Gasteiger partial charge in [0.15, 0.2) is 11.5 Å². The topological polar surface area (TPSA) is 101 Å². The lowest BCUT2D eigenvalue weighted by atomic mass is 9.82. The highest BCUT2D eigenvalue weighted by Gasteiger charge is 2.32. The number of carbonyl (C=O) groups excluding carboxylic acids is 1. The summed E-state index contributed by atoms with van der Waals surface area (Å²) in [6.07, 6.45) is 0.990. The maximum Gasteiger partial charge on any atom is 0.196 e. The van der Waals surface area contributed by atoms with Crippen molar-refractivity contribution in [1.82, 2.24) is 4.98 Å². The van der Waals surface area contributed by atoms with E-state index in [9.17, 15) is 15.0 Å². The molecular formula is C40H34N2O5. The molecule has 0 atom stereocenters. The Kier molecular flexibility index (Phi) is 7.32. The van der Waals surface area contributed by atoms with Crippen molar-refractivity contribution >= 4 is 28.1 Å². The van der Waals surface area contributed by atoms with E-state index in [2.05, 4.69) is 38.2 Å². The van der Waals surface area contributed by atoms with Crippen LogP contribution < -0.4 is 14.8 Å². The highest BCUT2D eigenvalue weighted by Crippen LogP contribution is 2.49. The number of fused-ring (bicyclic) bond motifs is 2. The molecule has 0 radical (unpaired) electrons. The lowest BCUT2D eigenvalue weighted by molar-refractivity contribution is 0.104. The first-order valence-electron chi connectivity index (χ1n) is 15.5. The van der Waals surface area contributed by atoms with Gasteiger partial charge in [0.25, 0.3) is 0 Å². The van der Waals surface area contributed by atoms with Crippen molar-refractivity contribution in [3.8, 4) is 51.1 Å². The number of carbonyl (C=O) groups is 1. The molecule has 3 N–H and O–H groups in total. The number of nitrogens with one attached hydrogen (secondary N) is 1. The lowest BCUT2D eigenvalue weighted by Crippen LogP contribution is -2.15. The van der Waals surface area contributed by atoms with Gasteiger partial charge < -0.3 is 25.0 Å². The zero-order valence-corrected chi connectivity index (χ0v) is 26.6. The summed E-state index contributed by atoms with van der Waals surface area (Å²) in [7, 11) is 1.61. The first kappa shape index (κ1) is 29.9. The Morgan fingerprint density at radius 3 is 2.09 bits per heavy atom.